The molecule has 2 amide bonds. The highest BCUT2D eigenvalue weighted by atomic mass is 16.3. The van der Waals surface area contributed by atoms with E-state index in [1.54, 1.807) is 6.07 Å². The zero-order valence-electron chi connectivity index (χ0n) is 10.6. The molecule has 1 rings (SSSR count). The van der Waals surface area contributed by atoms with Crippen LogP contribution in [0.25, 0.3) is 6.08 Å². The second kappa shape index (κ2) is 7.05. The van der Waals surface area contributed by atoms with Crippen LogP contribution in [0.5, 0.6) is 5.75 Å². The molecule has 0 radical (unpaired) electrons. The van der Waals surface area contributed by atoms with E-state index in [0.717, 1.165) is 0 Å². The maximum Gasteiger partial charge on any atom is 0.244 e. The van der Waals surface area contributed by atoms with E-state index in [1.165, 1.54) is 31.2 Å². The third kappa shape index (κ3) is 5.58. The minimum absolute atomic E-state index is 0.0833. The molecule has 0 atom stereocenters. The van der Waals surface area contributed by atoms with Gasteiger partial charge < -0.3 is 21.5 Å². The summed E-state index contributed by atoms with van der Waals surface area (Å²) in [6, 6.07) is 4.50. The van der Waals surface area contributed by atoms with Gasteiger partial charge in [0.05, 0.1) is 0 Å². The Balaban J connectivity index is 2.45. The van der Waals surface area contributed by atoms with Crippen LogP contribution in [-0.4, -0.2) is 30.0 Å². The average Bonchev–Trinajstić information content (AvgIpc) is 2.35. The van der Waals surface area contributed by atoms with E-state index in [-0.39, 0.29) is 17.6 Å². The number of carbonyl (C=O) groups is 2. The first-order valence-corrected chi connectivity index (χ1v) is 5.78. The molecule has 102 valence electrons. The summed E-state index contributed by atoms with van der Waals surface area (Å²) in [6.07, 6.45) is 2.84. The fourth-order valence-electron chi connectivity index (χ4n) is 1.36. The van der Waals surface area contributed by atoms with Crippen molar-refractivity contribution in [3.8, 4) is 5.75 Å². The zero-order chi connectivity index (χ0) is 14.3. The number of rotatable bonds is 5. The minimum atomic E-state index is -0.298. The maximum atomic E-state index is 11.4. The van der Waals surface area contributed by atoms with Crippen LogP contribution in [0.1, 0.15) is 12.5 Å². The molecule has 1 aromatic rings. The molecule has 0 aromatic heterocycles. The number of aromatic hydroxyl groups is 1. The maximum absolute atomic E-state index is 11.4. The number of nitrogen functional groups attached to an aromatic ring is 1. The van der Waals surface area contributed by atoms with Crippen LogP contribution >= 0.6 is 0 Å². The van der Waals surface area contributed by atoms with E-state index in [1.807, 2.05) is 0 Å². The van der Waals surface area contributed by atoms with Gasteiger partial charge in [-0.3, -0.25) is 9.59 Å². The van der Waals surface area contributed by atoms with Gasteiger partial charge in [-0.2, -0.15) is 0 Å². The quantitative estimate of drug-likeness (QED) is 0.264. The smallest absolute Gasteiger partial charge is 0.244 e. The summed E-state index contributed by atoms with van der Waals surface area (Å²) in [4.78, 5) is 22.0. The Morgan fingerprint density at radius 2 is 2.00 bits per heavy atom. The normalized spacial score (nSPS) is 10.4. The van der Waals surface area contributed by atoms with E-state index in [4.69, 9.17) is 5.73 Å². The van der Waals surface area contributed by atoms with Gasteiger partial charge in [-0.1, -0.05) is 0 Å². The molecule has 19 heavy (non-hydrogen) atoms. The van der Waals surface area contributed by atoms with Crippen LogP contribution in [0, 0.1) is 0 Å². The number of carbonyl (C=O) groups excluding carboxylic acids is 2. The molecule has 0 saturated carbocycles. The van der Waals surface area contributed by atoms with Gasteiger partial charge in [0.15, 0.2) is 0 Å². The highest BCUT2D eigenvalue weighted by molar-refractivity contribution is 5.92. The van der Waals surface area contributed by atoms with Crippen molar-refractivity contribution in [3.63, 3.8) is 0 Å². The fourth-order valence-corrected chi connectivity index (χ4v) is 1.36. The van der Waals surface area contributed by atoms with Crippen molar-refractivity contribution in [1.29, 1.82) is 0 Å². The van der Waals surface area contributed by atoms with Gasteiger partial charge in [0, 0.05) is 37.3 Å². The van der Waals surface area contributed by atoms with Gasteiger partial charge in [0.25, 0.3) is 0 Å². The van der Waals surface area contributed by atoms with Crippen molar-refractivity contribution in [3.05, 3.63) is 29.8 Å². The van der Waals surface area contributed by atoms with Crippen LogP contribution < -0.4 is 16.4 Å². The standard InChI is InChI=1S/C13H17N3O3/c1-9(17)15-6-7-16-13(19)5-2-10-8-11(18)3-4-12(10)14/h2-5,8,18H,6-7,14H2,1H3,(H,15,17)(H,16,19)/b5-2+. The molecule has 6 nitrogen and oxygen atoms in total. The Bertz CT molecular complexity index is 498. The van der Waals surface area contributed by atoms with Gasteiger partial charge in [0.2, 0.25) is 11.8 Å². The number of amides is 2. The van der Waals surface area contributed by atoms with Crippen molar-refractivity contribution < 1.29 is 14.7 Å². The molecule has 0 aliphatic carbocycles. The lowest BCUT2D eigenvalue weighted by Crippen LogP contribution is -2.32. The van der Waals surface area contributed by atoms with Crippen LogP contribution in [0.2, 0.25) is 0 Å². The molecular formula is C13H17N3O3. The molecular weight excluding hydrogens is 246 g/mol. The Morgan fingerprint density at radius 3 is 2.68 bits per heavy atom. The topological polar surface area (TPSA) is 104 Å². The monoisotopic (exact) mass is 263 g/mol. The molecule has 6 heteroatoms. The van der Waals surface area contributed by atoms with E-state index >= 15 is 0 Å². The van der Waals surface area contributed by atoms with E-state index in [0.29, 0.717) is 24.3 Å². The minimum Gasteiger partial charge on any atom is -0.508 e. The Labute approximate surface area is 111 Å². The third-order valence-electron chi connectivity index (χ3n) is 2.28. The predicted octanol–water partition coefficient (Wildman–Crippen LogP) is 0.240. The first-order chi connectivity index (χ1) is 8.99. The largest absolute Gasteiger partial charge is 0.508 e. The Hall–Kier alpha value is -2.50. The first kappa shape index (κ1) is 14.6. The van der Waals surface area contributed by atoms with Gasteiger partial charge in [-0.05, 0) is 24.3 Å². The summed E-state index contributed by atoms with van der Waals surface area (Å²) in [5.74, 6) is -0.356. The second-order valence-corrected chi connectivity index (χ2v) is 3.92. The molecule has 0 unspecified atom stereocenters. The third-order valence-corrected chi connectivity index (χ3v) is 2.28. The second-order valence-electron chi connectivity index (χ2n) is 3.92. The Kier molecular flexibility index (Phi) is 5.40. The lowest BCUT2D eigenvalue weighted by Gasteiger charge is -2.03. The molecule has 0 aliphatic rings. The van der Waals surface area contributed by atoms with Crippen LogP contribution in [0.3, 0.4) is 0 Å². The van der Waals surface area contributed by atoms with Crippen molar-refractivity contribution in [2.24, 2.45) is 0 Å². The number of benzene rings is 1. The van der Waals surface area contributed by atoms with Gasteiger partial charge in [-0.25, -0.2) is 0 Å². The lowest BCUT2D eigenvalue weighted by atomic mass is 10.1. The number of nitrogens with one attached hydrogen (secondary N) is 2. The summed E-state index contributed by atoms with van der Waals surface area (Å²) in [5.41, 5.74) is 6.73. The molecule has 0 heterocycles. The van der Waals surface area contributed by atoms with Crippen molar-refractivity contribution in [1.82, 2.24) is 10.6 Å². The van der Waals surface area contributed by atoms with E-state index in [2.05, 4.69) is 10.6 Å². The zero-order valence-corrected chi connectivity index (χ0v) is 10.6. The van der Waals surface area contributed by atoms with Gasteiger partial charge in [-0.15, -0.1) is 0 Å². The first-order valence-electron chi connectivity index (χ1n) is 5.78. The van der Waals surface area contributed by atoms with Crippen molar-refractivity contribution in [2.45, 2.75) is 6.92 Å². The Morgan fingerprint density at radius 1 is 1.32 bits per heavy atom. The highest BCUT2D eigenvalue weighted by Crippen LogP contribution is 2.19. The number of phenols is 1. The van der Waals surface area contributed by atoms with Gasteiger partial charge >= 0.3 is 0 Å². The number of hydrogen-bond acceptors (Lipinski definition) is 4. The molecule has 5 N–H and O–H groups in total. The number of phenolic OH excluding ortho intramolecular Hbond substituents is 1. The SMILES string of the molecule is CC(=O)NCCNC(=O)/C=C/c1cc(O)ccc1N. The molecule has 0 spiro atoms. The van der Waals surface area contributed by atoms with Crippen molar-refractivity contribution >= 4 is 23.6 Å². The summed E-state index contributed by atoms with van der Waals surface area (Å²) >= 11 is 0. The summed E-state index contributed by atoms with van der Waals surface area (Å²) in [5, 5.41) is 14.5. The highest BCUT2D eigenvalue weighted by Gasteiger charge is 1.99. The fraction of sp³-hybridized carbons (Fsp3) is 0.231. The molecule has 0 aliphatic heterocycles. The number of nitrogens with two attached hydrogens (primary N) is 1. The van der Waals surface area contributed by atoms with Crippen LogP contribution in [-0.2, 0) is 9.59 Å². The predicted molar refractivity (Wildman–Crippen MR) is 73.2 cm³/mol. The van der Waals surface area contributed by atoms with Gasteiger partial charge in [0.1, 0.15) is 5.75 Å². The van der Waals surface area contributed by atoms with E-state index < -0.39 is 0 Å². The number of anilines is 1. The van der Waals surface area contributed by atoms with Crippen molar-refractivity contribution in [2.75, 3.05) is 18.8 Å². The van der Waals surface area contributed by atoms with Crippen LogP contribution in [0.4, 0.5) is 5.69 Å². The average molecular weight is 263 g/mol. The summed E-state index contributed by atoms with van der Waals surface area (Å²) in [7, 11) is 0. The van der Waals surface area contributed by atoms with Crippen LogP contribution in [0.15, 0.2) is 24.3 Å². The molecule has 1 aromatic carbocycles. The molecule has 0 bridgehead atoms. The van der Waals surface area contributed by atoms with E-state index in [9.17, 15) is 14.7 Å². The molecule has 0 saturated heterocycles. The lowest BCUT2D eigenvalue weighted by molar-refractivity contribution is -0.119. The summed E-state index contributed by atoms with van der Waals surface area (Å²) in [6.45, 7) is 2.13. The number of hydrogen-bond donors (Lipinski definition) is 4. The molecule has 0 fully saturated rings. The summed E-state index contributed by atoms with van der Waals surface area (Å²) < 4.78 is 0.